The average molecular weight is 157 g/mol. The summed E-state index contributed by atoms with van der Waals surface area (Å²) in [5.74, 6) is 1.01. The van der Waals surface area contributed by atoms with E-state index in [2.05, 4.69) is 23.7 Å². The highest BCUT2D eigenvalue weighted by atomic mass is 15.3. The van der Waals surface area contributed by atoms with E-state index in [4.69, 9.17) is 0 Å². The van der Waals surface area contributed by atoms with E-state index in [1.807, 2.05) is 33.1 Å². The Morgan fingerprint density at radius 3 is 1.73 bits per heavy atom. The van der Waals surface area contributed by atoms with Crippen LogP contribution in [0.3, 0.4) is 0 Å². The lowest BCUT2D eigenvalue weighted by atomic mass is 10.3. The normalized spacial score (nSPS) is 12.1. The zero-order chi connectivity index (χ0) is 9.02. The van der Waals surface area contributed by atoms with E-state index in [0.29, 0.717) is 6.04 Å². The molecule has 0 spiro atoms. The minimum Gasteiger partial charge on any atom is -0.349 e. The van der Waals surface area contributed by atoms with E-state index in [0.717, 1.165) is 5.96 Å². The third kappa shape index (κ3) is 2.78. The van der Waals surface area contributed by atoms with Crippen LogP contribution in [0.2, 0.25) is 0 Å². The van der Waals surface area contributed by atoms with Crippen molar-refractivity contribution >= 4 is 5.96 Å². The number of guanidine groups is 1. The molecule has 0 saturated carbocycles. The Morgan fingerprint density at radius 2 is 1.64 bits per heavy atom. The van der Waals surface area contributed by atoms with Crippen LogP contribution < -0.4 is 0 Å². The predicted octanol–water partition coefficient (Wildman–Crippen LogP) is 0.874. The van der Waals surface area contributed by atoms with Crippen LogP contribution in [0.15, 0.2) is 4.99 Å². The third-order valence-corrected chi connectivity index (χ3v) is 1.69. The Bertz CT molecular complexity index is 138. The van der Waals surface area contributed by atoms with Gasteiger partial charge < -0.3 is 9.80 Å². The number of rotatable bonds is 1. The van der Waals surface area contributed by atoms with Crippen LogP contribution in [-0.2, 0) is 0 Å². The lowest BCUT2D eigenvalue weighted by Gasteiger charge is -2.29. The van der Waals surface area contributed by atoms with Crippen LogP contribution in [0, 0.1) is 0 Å². The number of nitrogens with zero attached hydrogens (tertiary/aromatic N) is 3. The molecule has 0 aromatic carbocycles. The molecule has 0 atom stereocenters. The first-order valence-corrected chi connectivity index (χ1v) is 3.87. The molecule has 0 saturated heterocycles. The summed E-state index contributed by atoms with van der Waals surface area (Å²) in [6, 6.07) is 0.496. The van der Waals surface area contributed by atoms with E-state index in [-0.39, 0.29) is 0 Å². The molecule has 0 aromatic heterocycles. The fourth-order valence-corrected chi connectivity index (χ4v) is 0.904. The lowest BCUT2D eigenvalue weighted by molar-refractivity contribution is 0.364. The van der Waals surface area contributed by atoms with Crippen LogP contribution in [0.25, 0.3) is 0 Å². The molecule has 0 N–H and O–H groups in total. The summed E-state index contributed by atoms with van der Waals surface area (Å²) in [4.78, 5) is 8.33. The fourth-order valence-electron chi connectivity index (χ4n) is 0.904. The molecule has 0 amide bonds. The molecular weight excluding hydrogens is 138 g/mol. The van der Waals surface area contributed by atoms with Gasteiger partial charge in [0.05, 0.1) is 0 Å². The van der Waals surface area contributed by atoms with Crippen molar-refractivity contribution in [1.82, 2.24) is 9.80 Å². The van der Waals surface area contributed by atoms with Crippen LogP contribution in [-0.4, -0.2) is 50.0 Å². The molecule has 66 valence electrons. The van der Waals surface area contributed by atoms with E-state index in [1.54, 1.807) is 0 Å². The molecular formula is C8H19N3. The maximum absolute atomic E-state index is 4.18. The van der Waals surface area contributed by atoms with Crippen molar-refractivity contribution < 1.29 is 0 Å². The summed E-state index contributed by atoms with van der Waals surface area (Å²) in [6.45, 7) is 4.30. The van der Waals surface area contributed by atoms with Crippen molar-refractivity contribution in [3.63, 3.8) is 0 Å². The third-order valence-electron chi connectivity index (χ3n) is 1.69. The number of aliphatic imine (C=N–C) groups is 1. The summed E-state index contributed by atoms with van der Waals surface area (Å²) in [6.07, 6.45) is 0. The van der Waals surface area contributed by atoms with Crippen LogP contribution >= 0.6 is 0 Å². The maximum atomic E-state index is 4.18. The van der Waals surface area contributed by atoms with Gasteiger partial charge in [-0.25, -0.2) is 0 Å². The zero-order valence-corrected chi connectivity index (χ0v) is 8.42. The van der Waals surface area contributed by atoms with E-state index < -0.39 is 0 Å². The van der Waals surface area contributed by atoms with Gasteiger partial charge in [-0.05, 0) is 13.8 Å². The molecule has 3 heteroatoms. The van der Waals surface area contributed by atoms with Gasteiger partial charge in [0.2, 0.25) is 0 Å². The highest BCUT2D eigenvalue weighted by molar-refractivity contribution is 5.79. The maximum Gasteiger partial charge on any atom is 0.195 e. The Morgan fingerprint density at radius 1 is 1.18 bits per heavy atom. The molecule has 0 bridgehead atoms. The van der Waals surface area contributed by atoms with Crippen LogP contribution in [0.1, 0.15) is 13.8 Å². The highest BCUT2D eigenvalue weighted by Crippen LogP contribution is 1.97. The molecule has 3 nitrogen and oxygen atoms in total. The van der Waals surface area contributed by atoms with E-state index >= 15 is 0 Å². The van der Waals surface area contributed by atoms with Crippen molar-refractivity contribution in [3.05, 3.63) is 0 Å². The van der Waals surface area contributed by atoms with Gasteiger partial charge in [-0.1, -0.05) is 0 Å². The molecule has 11 heavy (non-hydrogen) atoms. The standard InChI is InChI=1S/C8H19N3/c1-7(2)11(6)8(9-3)10(4)5/h7H,1-6H3/b9-8-. The van der Waals surface area contributed by atoms with Crippen LogP contribution in [0.5, 0.6) is 0 Å². The molecule has 0 aliphatic rings. The summed E-state index contributed by atoms with van der Waals surface area (Å²) < 4.78 is 0. The molecule has 0 aliphatic heterocycles. The second-order valence-electron chi connectivity index (χ2n) is 3.12. The van der Waals surface area contributed by atoms with Crippen molar-refractivity contribution in [2.24, 2.45) is 4.99 Å². The Balaban J connectivity index is 4.28. The Labute approximate surface area is 69.7 Å². The minimum atomic E-state index is 0.496. The first-order chi connectivity index (χ1) is 5.00. The smallest absolute Gasteiger partial charge is 0.195 e. The minimum absolute atomic E-state index is 0.496. The number of hydrogen-bond donors (Lipinski definition) is 0. The van der Waals surface area contributed by atoms with Crippen molar-refractivity contribution in [2.45, 2.75) is 19.9 Å². The summed E-state index contributed by atoms with van der Waals surface area (Å²) in [7, 11) is 7.86. The monoisotopic (exact) mass is 157 g/mol. The summed E-state index contributed by atoms with van der Waals surface area (Å²) in [5.41, 5.74) is 0. The summed E-state index contributed by atoms with van der Waals surface area (Å²) >= 11 is 0. The Hall–Kier alpha value is -0.730. The van der Waals surface area contributed by atoms with E-state index in [9.17, 15) is 0 Å². The topological polar surface area (TPSA) is 18.8 Å². The molecule has 0 fully saturated rings. The molecule has 0 aliphatic carbocycles. The largest absolute Gasteiger partial charge is 0.349 e. The van der Waals surface area contributed by atoms with Gasteiger partial charge in [0.25, 0.3) is 0 Å². The molecule has 0 unspecified atom stereocenters. The van der Waals surface area contributed by atoms with Gasteiger partial charge in [-0.15, -0.1) is 0 Å². The molecule has 0 radical (unpaired) electrons. The van der Waals surface area contributed by atoms with Gasteiger partial charge >= 0.3 is 0 Å². The summed E-state index contributed by atoms with van der Waals surface area (Å²) in [5, 5.41) is 0. The molecule has 0 rings (SSSR count). The first-order valence-electron chi connectivity index (χ1n) is 3.87. The SMILES string of the molecule is C/N=C(/N(C)C)N(C)C(C)C. The first kappa shape index (κ1) is 10.3. The number of hydrogen-bond acceptors (Lipinski definition) is 1. The van der Waals surface area contributed by atoms with Crippen molar-refractivity contribution in [2.75, 3.05) is 28.2 Å². The van der Waals surface area contributed by atoms with Crippen molar-refractivity contribution in [1.29, 1.82) is 0 Å². The average Bonchev–Trinajstić information content (AvgIpc) is 1.88. The van der Waals surface area contributed by atoms with Gasteiger partial charge in [-0.3, -0.25) is 4.99 Å². The van der Waals surface area contributed by atoms with Gasteiger partial charge in [-0.2, -0.15) is 0 Å². The second kappa shape index (κ2) is 4.21. The van der Waals surface area contributed by atoms with Crippen molar-refractivity contribution in [3.8, 4) is 0 Å². The zero-order valence-electron chi connectivity index (χ0n) is 8.42. The highest BCUT2D eigenvalue weighted by Gasteiger charge is 2.09. The fraction of sp³-hybridized carbons (Fsp3) is 0.875. The second-order valence-corrected chi connectivity index (χ2v) is 3.12. The lowest BCUT2D eigenvalue weighted by Crippen LogP contribution is -2.41. The molecule has 0 aromatic rings. The Kier molecular flexibility index (Phi) is 3.93. The van der Waals surface area contributed by atoms with E-state index in [1.165, 1.54) is 0 Å². The van der Waals surface area contributed by atoms with Crippen LogP contribution in [0.4, 0.5) is 0 Å². The quantitative estimate of drug-likeness (QED) is 0.415. The molecule has 0 heterocycles. The predicted molar refractivity (Wildman–Crippen MR) is 49.9 cm³/mol. The van der Waals surface area contributed by atoms with Gasteiger partial charge in [0.15, 0.2) is 5.96 Å². The van der Waals surface area contributed by atoms with Gasteiger partial charge in [0.1, 0.15) is 0 Å². The van der Waals surface area contributed by atoms with Gasteiger partial charge in [0, 0.05) is 34.2 Å².